The summed E-state index contributed by atoms with van der Waals surface area (Å²) >= 11 is 1.74. The fourth-order valence-electron chi connectivity index (χ4n) is 1.07. The lowest BCUT2D eigenvalue weighted by molar-refractivity contribution is 0.565. The minimum absolute atomic E-state index is 1.18. The summed E-state index contributed by atoms with van der Waals surface area (Å²) in [6.07, 6.45) is 7.24. The lowest BCUT2D eigenvalue weighted by Gasteiger charge is -1.65. The minimum atomic E-state index is 1.18. The highest BCUT2D eigenvalue weighted by atomic mass is 32.1. The van der Waals surface area contributed by atoms with Crippen LogP contribution in [0.5, 0.6) is 0 Å². The first-order valence-corrected chi connectivity index (χ1v) is 8.70. The van der Waals surface area contributed by atoms with Crippen LogP contribution in [0.15, 0.2) is 58.3 Å². The average Bonchev–Trinajstić information content (AvgIpc) is 3.30. The Kier molecular flexibility index (Phi) is 17.7. The summed E-state index contributed by atoms with van der Waals surface area (Å²) < 4.78 is 4.71. The van der Waals surface area contributed by atoms with Gasteiger partial charge in [-0.25, -0.2) is 0 Å². The van der Waals surface area contributed by atoms with Crippen molar-refractivity contribution in [1.29, 1.82) is 0 Å². The Morgan fingerprint density at radius 2 is 1.55 bits per heavy atom. The maximum absolute atomic E-state index is 4.71. The van der Waals surface area contributed by atoms with E-state index >= 15 is 0 Å². The van der Waals surface area contributed by atoms with Crippen molar-refractivity contribution in [1.82, 2.24) is 4.98 Å². The van der Waals surface area contributed by atoms with Gasteiger partial charge >= 0.3 is 0 Å². The normalized spacial score (nSPS) is 7.77. The molecule has 0 spiro atoms. The fraction of sp³-hybridized carbons (Fsp3) is 0.368. The second-order valence-corrected chi connectivity index (χ2v) is 4.77. The Hall–Kier alpha value is -1.74. The van der Waals surface area contributed by atoms with E-state index in [1.165, 1.54) is 16.7 Å². The molecule has 0 atom stereocenters. The average molecular weight is 322 g/mol. The highest BCUT2D eigenvalue weighted by Crippen LogP contribution is 2.01. The molecule has 0 saturated carbocycles. The second-order valence-electron chi connectivity index (χ2n) is 3.99. The van der Waals surface area contributed by atoms with Crippen LogP contribution in [-0.2, 0) is 0 Å². The van der Waals surface area contributed by atoms with Gasteiger partial charge in [0.2, 0.25) is 0 Å². The van der Waals surface area contributed by atoms with Crippen LogP contribution in [0.2, 0.25) is 0 Å². The first-order chi connectivity index (χ1) is 10.7. The Morgan fingerprint density at radius 3 is 1.68 bits per heavy atom. The molecule has 0 aliphatic carbocycles. The monoisotopic (exact) mass is 321 g/mol. The van der Waals surface area contributed by atoms with Crippen molar-refractivity contribution in [3.8, 4) is 0 Å². The molecular formula is C19H31NOS. The van der Waals surface area contributed by atoms with Gasteiger partial charge in [-0.15, -0.1) is 0 Å². The van der Waals surface area contributed by atoms with Crippen molar-refractivity contribution in [2.75, 3.05) is 0 Å². The highest BCUT2D eigenvalue weighted by Gasteiger charge is 1.76. The van der Waals surface area contributed by atoms with Crippen LogP contribution in [0, 0.1) is 20.8 Å². The van der Waals surface area contributed by atoms with Crippen molar-refractivity contribution in [3.63, 3.8) is 0 Å². The van der Waals surface area contributed by atoms with Gasteiger partial charge in [-0.3, -0.25) is 0 Å². The topological polar surface area (TPSA) is 28.9 Å². The fourth-order valence-corrected chi connectivity index (χ4v) is 1.74. The number of nitrogens with one attached hydrogen (secondary N) is 1. The van der Waals surface area contributed by atoms with Crippen LogP contribution < -0.4 is 0 Å². The van der Waals surface area contributed by atoms with E-state index < -0.39 is 0 Å². The number of hydrogen-bond acceptors (Lipinski definition) is 2. The van der Waals surface area contributed by atoms with Gasteiger partial charge in [0.25, 0.3) is 0 Å². The maximum atomic E-state index is 4.71. The molecule has 3 aromatic heterocycles. The predicted molar refractivity (Wildman–Crippen MR) is 101 cm³/mol. The van der Waals surface area contributed by atoms with Crippen LogP contribution in [0.3, 0.4) is 0 Å². The molecule has 0 aliphatic heterocycles. The lowest BCUT2D eigenvalue weighted by Crippen LogP contribution is -1.50. The van der Waals surface area contributed by atoms with Gasteiger partial charge < -0.3 is 9.40 Å². The van der Waals surface area contributed by atoms with E-state index in [0.29, 0.717) is 0 Å². The largest absolute Gasteiger partial charge is 0.472 e. The molecule has 3 heterocycles. The molecule has 124 valence electrons. The zero-order chi connectivity index (χ0) is 17.2. The number of furan rings is 1. The number of H-pyrrole nitrogens is 1. The second kappa shape index (κ2) is 17.3. The van der Waals surface area contributed by atoms with Crippen LogP contribution in [0.1, 0.15) is 44.4 Å². The van der Waals surface area contributed by atoms with Gasteiger partial charge in [-0.2, -0.15) is 11.3 Å². The molecule has 2 nitrogen and oxygen atoms in total. The first-order valence-electron chi connectivity index (χ1n) is 7.75. The summed E-state index contributed by atoms with van der Waals surface area (Å²) in [5, 5.41) is 4.20. The van der Waals surface area contributed by atoms with Crippen molar-refractivity contribution < 1.29 is 4.42 Å². The summed E-state index contributed by atoms with van der Waals surface area (Å²) in [5.41, 5.74) is 3.82. The van der Waals surface area contributed by atoms with Crippen LogP contribution in [-0.4, -0.2) is 4.98 Å². The third kappa shape index (κ3) is 14.7. The number of thiophene rings is 1. The number of hydrogen-bond donors (Lipinski definition) is 1. The highest BCUT2D eigenvalue weighted by molar-refractivity contribution is 7.07. The lowest BCUT2D eigenvalue weighted by atomic mass is 10.4. The molecule has 3 rings (SSSR count). The van der Waals surface area contributed by atoms with Gasteiger partial charge in [-0.1, -0.05) is 27.7 Å². The van der Waals surface area contributed by atoms with Crippen molar-refractivity contribution in [2.45, 2.75) is 48.5 Å². The SMILES string of the molecule is CC.CC.Cc1cc[nH]c1.Cc1ccoc1.Cc1ccsc1. The van der Waals surface area contributed by atoms with E-state index in [9.17, 15) is 0 Å². The van der Waals surface area contributed by atoms with E-state index in [1.807, 2.05) is 59.1 Å². The van der Waals surface area contributed by atoms with E-state index in [2.05, 4.69) is 35.7 Å². The van der Waals surface area contributed by atoms with Crippen LogP contribution in [0.25, 0.3) is 0 Å². The van der Waals surface area contributed by atoms with Crippen molar-refractivity contribution in [2.24, 2.45) is 0 Å². The maximum Gasteiger partial charge on any atom is 0.0931 e. The first kappa shape index (κ1) is 22.5. The molecular weight excluding hydrogens is 290 g/mol. The molecule has 3 aromatic rings. The number of aryl methyl sites for hydroxylation is 3. The third-order valence-electron chi connectivity index (χ3n) is 2.08. The Balaban J connectivity index is 0. The van der Waals surface area contributed by atoms with Crippen LogP contribution >= 0.6 is 11.3 Å². The molecule has 0 fully saturated rings. The molecule has 3 heteroatoms. The van der Waals surface area contributed by atoms with Gasteiger partial charge in [0.1, 0.15) is 0 Å². The Labute approximate surface area is 140 Å². The van der Waals surface area contributed by atoms with E-state index in [0.717, 1.165) is 0 Å². The molecule has 0 unspecified atom stereocenters. The zero-order valence-corrected chi connectivity index (χ0v) is 15.8. The summed E-state index contributed by atoms with van der Waals surface area (Å²) in [4.78, 5) is 2.93. The van der Waals surface area contributed by atoms with E-state index in [4.69, 9.17) is 4.42 Å². The Bertz CT molecular complexity index is 405. The standard InChI is InChI=1S/C5H7N.C5H6O.C5H6S.2C2H6/c3*1-5-2-3-6-4-5;2*1-2/h2-4,6H,1H3;2*2-4H,1H3;2*1-2H3. The predicted octanol–water partition coefficient (Wildman–Crippen LogP) is 7.02. The van der Waals surface area contributed by atoms with E-state index in [1.54, 1.807) is 23.9 Å². The van der Waals surface area contributed by atoms with Crippen molar-refractivity contribution >= 4 is 11.3 Å². The van der Waals surface area contributed by atoms with Gasteiger partial charge in [0.15, 0.2) is 0 Å². The molecule has 1 N–H and O–H groups in total. The summed E-state index contributed by atoms with van der Waals surface area (Å²) in [6, 6.07) is 6.05. The molecule has 0 amide bonds. The van der Waals surface area contributed by atoms with Crippen molar-refractivity contribution in [3.05, 3.63) is 70.6 Å². The number of aromatic amines is 1. The molecule has 22 heavy (non-hydrogen) atoms. The van der Waals surface area contributed by atoms with Gasteiger partial charge in [0.05, 0.1) is 12.5 Å². The number of rotatable bonds is 0. The molecule has 0 aliphatic rings. The molecule has 0 saturated heterocycles. The van der Waals surface area contributed by atoms with Crippen LogP contribution in [0.4, 0.5) is 0 Å². The smallest absolute Gasteiger partial charge is 0.0931 e. The third-order valence-corrected chi connectivity index (χ3v) is 2.88. The zero-order valence-electron chi connectivity index (χ0n) is 15.0. The summed E-state index contributed by atoms with van der Waals surface area (Å²) in [6.45, 7) is 14.1. The Morgan fingerprint density at radius 1 is 0.864 bits per heavy atom. The quantitative estimate of drug-likeness (QED) is 0.473. The number of aromatic nitrogens is 1. The molecule has 0 bridgehead atoms. The minimum Gasteiger partial charge on any atom is -0.472 e. The summed E-state index contributed by atoms with van der Waals surface area (Å²) in [7, 11) is 0. The molecule has 0 aromatic carbocycles. The van der Waals surface area contributed by atoms with E-state index in [-0.39, 0.29) is 0 Å². The van der Waals surface area contributed by atoms with Gasteiger partial charge in [0, 0.05) is 12.4 Å². The molecule has 0 radical (unpaired) electrons. The summed E-state index contributed by atoms with van der Waals surface area (Å²) in [5.74, 6) is 0. The van der Waals surface area contributed by atoms with Gasteiger partial charge in [-0.05, 0) is 66.4 Å².